The molecule has 0 saturated carbocycles. The lowest BCUT2D eigenvalue weighted by Crippen LogP contribution is -2.15. The molecule has 0 radical (unpaired) electrons. The fraction of sp³-hybridized carbons (Fsp3) is 0.588. The molecule has 1 fully saturated rings. The summed E-state index contributed by atoms with van der Waals surface area (Å²) in [6.07, 6.45) is 2.81. The van der Waals surface area contributed by atoms with Crippen LogP contribution in [-0.2, 0) is 10.2 Å². The Hall–Kier alpha value is -1.06. The lowest BCUT2D eigenvalue weighted by Gasteiger charge is -2.19. The highest BCUT2D eigenvalue weighted by Gasteiger charge is 2.16. The van der Waals surface area contributed by atoms with E-state index in [1.54, 1.807) is 0 Å². The van der Waals surface area contributed by atoms with Crippen LogP contribution >= 0.6 is 12.4 Å². The molecular weight excluding hydrogens is 284 g/mol. The molecule has 0 spiro atoms. The van der Waals surface area contributed by atoms with Crippen molar-refractivity contribution in [1.82, 2.24) is 5.32 Å². The summed E-state index contributed by atoms with van der Waals surface area (Å²) in [5.74, 6) is 0.796. The van der Waals surface area contributed by atoms with Crippen LogP contribution in [0.15, 0.2) is 24.3 Å². The van der Waals surface area contributed by atoms with Gasteiger partial charge >= 0.3 is 0 Å². The zero-order valence-corrected chi connectivity index (χ0v) is 14.1. The van der Waals surface area contributed by atoms with Gasteiger partial charge in [-0.2, -0.15) is 0 Å². The molecule has 1 unspecified atom stereocenters. The number of halogens is 1. The van der Waals surface area contributed by atoms with Gasteiger partial charge in [0, 0.05) is 12.1 Å². The SMILES string of the molecule is CC(C)(C)c1ccc(NC(=O)CCC2CCNC2)cc1.Cl. The Labute approximate surface area is 134 Å². The second kappa shape index (κ2) is 7.81. The third kappa shape index (κ3) is 5.68. The standard InChI is InChI=1S/C17H26N2O.ClH/c1-17(2,3)14-5-7-15(8-6-14)19-16(20)9-4-13-10-11-18-12-13;/h5-8,13,18H,4,9-12H2,1-3H3,(H,19,20);1H. The smallest absolute Gasteiger partial charge is 0.224 e. The summed E-state index contributed by atoms with van der Waals surface area (Å²) in [6.45, 7) is 8.73. The molecule has 2 N–H and O–H groups in total. The van der Waals surface area contributed by atoms with Gasteiger partial charge in [0.25, 0.3) is 0 Å². The van der Waals surface area contributed by atoms with Gasteiger partial charge in [-0.3, -0.25) is 4.79 Å². The Morgan fingerprint density at radius 3 is 2.48 bits per heavy atom. The lowest BCUT2D eigenvalue weighted by atomic mass is 9.87. The molecule has 1 atom stereocenters. The minimum Gasteiger partial charge on any atom is -0.326 e. The fourth-order valence-corrected chi connectivity index (χ4v) is 2.57. The Morgan fingerprint density at radius 2 is 1.95 bits per heavy atom. The molecule has 0 bridgehead atoms. The van der Waals surface area contributed by atoms with Crippen molar-refractivity contribution in [3.8, 4) is 0 Å². The number of hydrogen-bond donors (Lipinski definition) is 2. The van der Waals surface area contributed by atoms with Crippen LogP contribution in [0.2, 0.25) is 0 Å². The van der Waals surface area contributed by atoms with Crippen molar-refractivity contribution in [2.24, 2.45) is 5.92 Å². The number of anilines is 1. The van der Waals surface area contributed by atoms with Crippen molar-refractivity contribution in [3.05, 3.63) is 29.8 Å². The van der Waals surface area contributed by atoms with Crippen LogP contribution in [0.25, 0.3) is 0 Å². The molecule has 4 heteroatoms. The normalized spacial score (nSPS) is 18.1. The quantitative estimate of drug-likeness (QED) is 0.889. The largest absolute Gasteiger partial charge is 0.326 e. The highest BCUT2D eigenvalue weighted by molar-refractivity contribution is 5.90. The number of hydrogen-bond acceptors (Lipinski definition) is 2. The Morgan fingerprint density at radius 1 is 1.29 bits per heavy atom. The predicted molar refractivity (Wildman–Crippen MR) is 91.2 cm³/mol. The first-order valence-corrected chi connectivity index (χ1v) is 7.56. The highest BCUT2D eigenvalue weighted by Crippen LogP contribution is 2.23. The van der Waals surface area contributed by atoms with Crippen LogP contribution in [0.3, 0.4) is 0 Å². The summed E-state index contributed by atoms with van der Waals surface area (Å²) >= 11 is 0. The topological polar surface area (TPSA) is 41.1 Å². The summed E-state index contributed by atoms with van der Waals surface area (Å²) in [4.78, 5) is 11.9. The summed E-state index contributed by atoms with van der Waals surface area (Å²) in [6, 6.07) is 8.18. The molecule has 1 aromatic rings. The zero-order chi connectivity index (χ0) is 14.6. The van der Waals surface area contributed by atoms with E-state index in [1.807, 2.05) is 12.1 Å². The van der Waals surface area contributed by atoms with Gasteiger partial charge in [-0.15, -0.1) is 12.4 Å². The number of nitrogens with one attached hydrogen (secondary N) is 2. The third-order valence-electron chi connectivity index (χ3n) is 3.98. The first-order valence-electron chi connectivity index (χ1n) is 7.56. The molecule has 0 aromatic heterocycles. The highest BCUT2D eigenvalue weighted by atomic mass is 35.5. The van der Waals surface area contributed by atoms with Crippen LogP contribution in [0.4, 0.5) is 5.69 Å². The number of carbonyl (C=O) groups excluding carboxylic acids is 1. The third-order valence-corrected chi connectivity index (χ3v) is 3.98. The van der Waals surface area contributed by atoms with Crippen LogP contribution < -0.4 is 10.6 Å². The molecule has 1 aromatic carbocycles. The molecule has 118 valence electrons. The number of amides is 1. The summed E-state index contributed by atoms with van der Waals surface area (Å²) < 4.78 is 0. The van der Waals surface area contributed by atoms with E-state index in [9.17, 15) is 4.79 Å². The lowest BCUT2D eigenvalue weighted by molar-refractivity contribution is -0.116. The second-order valence-electron chi connectivity index (χ2n) is 6.77. The van der Waals surface area contributed by atoms with Gasteiger partial charge in [0.2, 0.25) is 5.91 Å². The maximum atomic E-state index is 11.9. The van der Waals surface area contributed by atoms with E-state index in [0.717, 1.165) is 25.2 Å². The minimum atomic E-state index is 0. The molecule has 1 saturated heterocycles. The van der Waals surface area contributed by atoms with Gasteiger partial charge in [0.1, 0.15) is 0 Å². The number of rotatable bonds is 4. The summed E-state index contributed by atoms with van der Waals surface area (Å²) in [5, 5.41) is 6.32. The Kier molecular flexibility index (Phi) is 6.69. The molecule has 1 aliphatic rings. The molecule has 3 nitrogen and oxygen atoms in total. The van der Waals surface area contributed by atoms with Gasteiger partial charge < -0.3 is 10.6 Å². The number of benzene rings is 1. The molecule has 1 aliphatic heterocycles. The molecular formula is C17H27ClN2O. The first-order chi connectivity index (χ1) is 9.45. The average Bonchev–Trinajstić information content (AvgIpc) is 2.89. The van der Waals surface area contributed by atoms with Crippen molar-refractivity contribution in [2.45, 2.75) is 45.4 Å². The van der Waals surface area contributed by atoms with Gasteiger partial charge in [-0.05, 0) is 55.0 Å². The van der Waals surface area contributed by atoms with Gasteiger partial charge in [0.05, 0.1) is 0 Å². The van der Waals surface area contributed by atoms with Crippen LogP contribution in [0.5, 0.6) is 0 Å². The van der Waals surface area contributed by atoms with E-state index in [2.05, 4.69) is 43.5 Å². The summed E-state index contributed by atoms with van der Waals surface area (Å²) in [7, 11) is 0. The zero-order valence-electron chi connectivity index (χ0n) is 13.2. The van der Waals surface area contributed by atoms with E-state index >= 15 is 0 Å². The van der Waals surface area contributed by atoms with Crippen molar-refractivity contribution >= 4 is 24.0 Å². The van der Waals surface area contributed by atoms with Crippen LogP contribution in [0.1, 0.15) is 45.6 Å². The average molecular weight is 311 g/mol. The maximum absolute atomic E-state index is 11.9. The Balaban J connectivity index is 0.00000220. The van der Waals surface area contributed by atoms with Crippen molar-refractivity contribution < 1.29 is 4.79 Å². The predicted octanol–water partition coefficient (Wildman–Crippen LogP) is 3.73. The molecule has 1 heterocycles. The first kappa shape index (κ1) is 18.0. The van der Waals surface area contributed by atoms with E-state index in [4.69, 9.17) is 0 Å². The van der Waals surface area contributed by atoms with E-state index in [0.29, 0.717) is 12.3 Å². The molecule has 21 heavy (non-hydrogen) atoms. The van der Waals surface area contributed by atoms with E-state index in [1.165, 1.54) is 12.0 Å². The Bertz CT molecular complexity index is 445. The van der Waals surface area contributed by atoms with Crippen LogP contribution in [0, 0.1) is 5.92 Å². The van der Waals surface area contributed by atoms with E-state index in [-0.39, 0.29) is 23.7 Å². The van der Waals surface area contributed by atoms with Crippen molar-refractivity contribution in [1.29, 1.82) is 0 Å². The summed E-state index contributed by atoms with van der Waals surface area (Å²) in [5.41, 5.74) is 2.33. The van der Waals surface area contributed by atoms with Gasteiger partial charge in [0.15, 0.2) is 0 Å². The number of carbonyl (C=O) groups is 1. The monoisotopic (exact) mass is 310 g/mol. The van der Waals surface area contributed by atoms with Gasteiger partial charge in [-0.1, -0.05) is 32.9 Å². The maximum Gasteiger partial charge on any atom is 0.224 e. The van der Waals surface area contributed by atoms with Gasteiger partial charge in [-0.25, -0.2) is 0 Å². The fourth-order valence-electron chi connectivity index (χ4n) is 2.57. The molecule has 1 amide bonds. The minimum absolute atomic E-state index is 0. The molecule has 2 rings (SSSR count). The van der Waals surface area contributed by atoms with Crippen molar-refractivity contribution in [3.63, 3.8) is 0 Å². The van der Waals surface area contributed by atoms with Crippen LogP contribution in [-0.4, -0.2) is 19.0 Å². The second-order valence-corrected chi connectivity index (χ2v) is 6.77. The van der Waals surface area contributed by atoms with Crippen molar-refractivity contribution in [2.75, 3.05) is 18.4 Å². The molecule has 0 aliphatic carbocycles. The van der Waals surface area contributed by atoms with E-state index < -0.39 is 0 Å².